The highest BCUT2D eigenvalue weighted by atomic mass is 32.1. The molecule has 0 radical (unpaired) electrons. The average Bonchev–Trinajstić information content (AvgIpc) is 2.87. The van der Waals surface area contributed by atoms with E-state index in [-0.39, 0.29) is 17.6 Å². The van der Waals surface area contributed by atoms with Gasteiger partial charge >= 0.3 is 5.97 Å². The highest BCUT2D eigenvalue weighted by Crippen LogP contribution is 2.34. The van der Waals surface area contributed by atoms with E-state index in [2.05, 4.69) is 12.6 Å². The third-order valence-corrected chi connectivity index (χ3v) is 3.95. The molecule has 1 aliphatic rings. The molecule has 2 rings (SSSR count). The van der Waals surface area contributed by atoms with Crippen molar-refractivity contribution in [3.05, 3.63) is 35.4 Å². The summed E-state index contributed by atoms with van der Waals surface area (Å²) in [6.45, 7) is 0. The molecule has 1 aromatic carbocycles. The van der Waals surface area contributed by atoms with Gasteiger partial charge < -0.3 is 5.11 Å². The van der Waals surface area contributed by atoms with Crippen molar-refractivity contribution < 1.29 is 14.7 Å². The zero-order valence-corrected chi connectivity index (χ0v) is 10.9. The van der Waals surface area contributed by atoms with Crippen LogP contribution in [-0.4, -0.2) is 16.9 Å². The zero-order chi connectivity index (χ0) is 13.1. The number of Topliss-reactive ketones (excluding diaryl/α,β-unsaturated/α-hetero) is 1. The number of aliphatic carboxylic acids is 1. The summed E-state index contributed by atoms with van der Waals surface area (Å²) in [5.74, 6) is -0.692. The summed E-state index contributed by atoms with van der Waals surface area (Å²) in [4.78, 5) is 23.3. The van der Waals surface area contributed by atoms with Crippen molar-refractivity contribution in [1.29, 1.82) is 0 Å². The minimum absolute atomic E-state index is 0.0726. The van der Waals surface area contributed by atoms with E-state index in [9.17, 15) is 9.59 Å². The van der Waals surface area contributed by atoms with Crippen molar-refractivity contribution in [2.24, 2.45) is 11.8 Å². The number of hydrogen-bond donors (Lipinski definition) is 2. The molecule has 0 aromatic heterocycles. The Bertz CT molecular complexity index is 470. The molecule has 0 amide bonds. The van der Waals surface area contributed by atoms with Gasteiger partial charge in [-0.1, -0.05) is 24.3 Å². The quantitative estimate of drug-likeness (QED) is 0.649. The molecule has 0 spiro atoms. The topological polar surface area (TPSA) is 54.4 Å². The van der Waals surface area contributed by atoms with E-state index in [1.165, 1.54) is 0 Å². The third kappa shape index (κ3) is 2.58. The molecule has 1 aliphatic carbocycles. The third-order valence-electron chi connectivity index (χ3n) is 3.61. The lowest BCUT2D eigenvalue weighted by Crippen LogP contribution is -2.15. The molecule has 1 N–H and O–H groups in total. The number of carboxylic acids is 1. The maximum absolute atomic E-state index is 12.4. The van der Waals surface area contributed by atoms with Gasteiger partial charge in [0, 0.05) is 17.2 Å². The first-order valence-corrected chi connectivity index (χ1v) is 6.72. The van der Waals surface area contributed by atoms with Crippen molar-refractivity contribution in [1.82, 2.24) is 0 Å². The van der Waals surface area contributed by atoms with Crippen LogP contribution in [0.4, 0.5) is 0 Å². The molecule has 1 saturated carbocycles. The fourth-order valence-corrected chi connectivity index (χ4v) is 2.84. The number of hydrogen-bond acceptors (Lipinski definition) is 3. The normalized spacial score (nSPS) is 22.9. The molecule has 0 heterocycles. The Hall–Kier alpha value is -1.29. The Morgan fingerprint density at radius 3 is 2.50 bits per heavy atom. The lowest BCUT2D eigenvalue weighted by molar-refractivity contribution is -0.141. The number of benzene rings is 1. The first kappa shape index (κ1) is 13.1. The molecule has 0 bridgehead atoms. The Labute approximate surface area is 112 Å². The molecule has 96 valence electrons. The Morgan fingerprint density at radius 2 is 1.89 bits per heavy atom. The van der Waals surface area contributed by atoms with Gasteiger partial charge in [0.2, 0.25) is 0 Å². The minimum atomic E-state index is -0.784. The second-order valence-corrected chi connectivity index (χ2v) is 5.04. The second kappa shape index (κ2) is 5.57. The van der Waals surface area contributed by atoms with E-state index in [1.54, 1.807) is 0 Å². The van der Waals surface area contributed by atoms with Crippen LogP contribution in [0.5, 0.6) is 0 Å². The largest absolute Gasteiger partial charge is 0.481 e. The number of ketones is 1. The van der Waals surface area contributed by atoms with Gasteiger partial charge in [0.25, 0.3) is 0 Å². The van der Waals surface area contributed by atoms with Crippen LogP contribution in [0.25, 0.3) is 0 Å². The molecule has 2 atom stereocenters. The maximum Gasteiger partial charge on any atom is 0.306 e. The Morgan fingerprint density at radius 1 is 1.22 bits per heavy atom. The molecule has 2 unspecified atom stereocenters. The SMILES string of the molecule is O=C(O)C1CCC(C(=O)c2ccccc2CS)C1. The summed E-state index contributed by atoms with van der Waals surface area (Å²) in [6.07, 6.45) is 1.75. The summed E-state index contributed by atoms with van der Waals surface area (Å²) in [5.41, 5.74) is 1.62. The molecular weight excluding hydrogens is 248 g/mol. The van der Waals surface area contributed by atoms with Crippen LogP contribution in [-0.2, 0) is 10.5 Å². The number of carboxylic acid groups (broad SMARTS) is 1. The highest BCUT2D eigenvalue weighted by Gasteiger charge is 2.34. The van der Waals surface area contributed by atoms with Crippen LogP contribution in [0, 0.1) is 11.8 Å². The lowest BCUT2D eigenvalue weighted by Gasteiger charge is -2.11. The van der Waals surface area contributed by atoms with Crippen molar-refractivity contribution in [3.8, 4) is 0 Å². The molecule has 0 aliphatic heterocycles. The van der Waals surface area contributed by atoms with Gasteiger partial charge in [-0.3, -0.25) is 9.59 Å². The molecule has 3 nitrogen and oxygen atoms in total. The van der Waals surface area contributed by atoms with E-state index in [0.717, 1.165) is 5.56 Å². The van der Waals surface area contributed by atoms with Crippen LogP contribution >= 0.6 is 12.6 Å². The van der Waals surface area contributed by atoms with Crippen molar-refractivity contribution in [2.45, 2.75) is 25.0 Å². The summed E-state index contributed by atoms with van der Waals surface area (Å²) in [7, 11) is 0. The lowest BCUT2D eigenvalue weighted by atomic mass is 9.92. The van der Waals surface area contributed by atoms with Gasteiger partial charge in [0.15, 0.2) is 5.78 Å². The molecule has 1 aromatic rings. The molecular formula is C14H16O3S. The maximum atomic E-state index is 12.4. The standard InChI is InChI=1S/C14H16O3S/c15-13(9-5-6-10(7-9)14(16)17)12-4-2-1-3-11(12)8-18/h1-4,9-10,18H,5-8H2,(H,16,17). The van der Waals surface area contributed by atoms with Crippen LogP contribution in [0.15, 0.2) is 24.3 Å². The van der Waals surface area contributed by atoms with Crippen LogP contribution < -0.4 is 0 Å². The van der Waals surface area contributed by atoms with Crippen LogP contribution in [0.3, 0.4) is 0 Å². The van der Waals surface area contributed by atoms with Crippen molar-refractivity contribution >= 4 is 24.4 Å². The zero-order valence-electron chi connectivity index (χ0n) is 10.0. The molecule has 0 saturated heterocycles. The van der Waals surface area contributed by atoms with E-state index in [0.29, 0.717) is 30.6 Å². The number of rotatable bonds is 4. The fraction of sp³-hybridized carbons (Fsp3) is 0.429. The number of carbonyl (C=O) groups excluding carboxylic acids is 1. The van der Waals surface area contributed by atoms with E-state index >= 15 is 0 Å². The minimum Gasteiger partial charge on any atom is -0.481 e. The predicted octanol–water partition coefficient (Wildman–Crippen LogP) is 2.80. The van der Waals surface area contributed by atoms with Gasteiger partial charge in [-0.15, -0.1) is 0 Å². The van der Waals surface area contributed by atoms with Crippen LogP contribution in [0.2, 0.25) is 0 Å². The van der Waals surface area contributed by atoms with E-state index in [4.69, 9.17) is 5.11 Å². The summed E-state index contributed by atoms with van der Waals surface area (Å²) in [5, 5.41) is 8.96. The van der Waals surface area contributed by atoms with Crippen molar-refractivity contribution in [3.63, 3.8) is 0 Å². The first-order chi connectivity index (χ1) is 8.63. The van der Waals surface area contributed by atoms with Crippen LogP contribution in [0.1, 0.15) is 35.2 Å². The van der Waals surface area contributed by atoms with Gasteiger partial charge in [0.05, 0.1) is 5.92 Å². The average molecular weight is 264 g/mol. The van der Waals surface area contributed by atoms with Gasteiger partial charge in [0.1, 0.15) is 0 Å². The summed E-state index contributed by atoms with van der Waals surface area (Å²) >= 11 is 4.22. The van der Waals surface area contributed by atoms with E-state index in [1.807, 2.05) is 24.3 Å². The van der Waals surface area contributed by atoms with Crippen molar-refractivity contribution in [2.75, 3.05) is 0 Å². The summed E-state index contributed by atoms with van der Waals surface area (Å²) in [6, 6.07) is 7.42. The second-order valence-electron chi connectivity index (χ2n) is 4.72. The number of carbonyl (C=O) groups is 2. The monoisotopic (exact) mass is 264 g/mol. The van der Waals surface area contributed by atoms with Gasteiger partial charge in [-0.25, -0.2) is 0 Å². The predicted molar refractivity (Wildman–Crippen MR) is 71.9 cm³/mol. The molecule has 18 heavy (non-hydrogen) atoms. The molecule has 1 fully saturated rings. The summed E-state index contributed by atoms with van der Waals surface area (Å²) < 4.78 is 0. The molecule has 4 heteroatoms. The smallest absolute Gasteiger partial charge is 0.306 e. The Balaban J connectivity index is 2.15. The van der Waals surface area contributed by atoms with Gasteiger partial charge in [-0.2, -0.15) is 12.6 Å². The first-order valence-electron chi connectivity index (χ1n) is 6.09. The Kier molecular flexibility index (Phi) is 4.07. The van der Waals surface area contributed by atoms with Gasteiger partial charge in [-0.05, 0) is 24.8 Å². The fourth-order valence-electron chi connectivity index (χ4n) is 2.56. The highest BCUT2D eigenvalue weighted by molar-refractivity contribution is 7.79. The van der Waals surface area contributed by atoms with E-state index < -0.39 is 5.97 Å². The number of thiol groups is 1.